The van der Waals surface area contributed by atoms with Gasteiger partial charge in [-0.1, -0.05) is 6.07 Å². The quantitative estimate of drug-likeness (QED) is 0.503. The maximum Gasteiger partial charge on any atom is 0.274 e. The fourth-order valence-corrected chi connectivity index (χ4v) is 5.28. The number of hydrogen-bond donors (Lipinski definition) is 1. The van der Waals surface area contributed by atoms with Gasteiger partial charge >= 0.3 is 0 Å². The molecule has 0 radical (unpaired) electrons. The number of alkyl halides is 1. The molecule has 2 atom stereocenters. The second-order valence-electron chi connectivity index (χ2n) is 9.48. The van der Waals surface area contributed by atoms with Crippen LogP contribution in [0.15, 0.2) is 42.5 Å². The highest BCUT2D eigenvalue weighted by Gasteiger charge is 2.28. The summed E-state index contributed by atoms with van der Waals surface area (Å²) in [6, 6.07) is 12.5. The van der Waals surface area contributed by atoms with Crippen molar-refractivity contribution in [1.29, 1.82) is 5.26 Å². The summed E-state index contributed by atoms with van der Waals surface area (Å²) >= 11 is 6.22. The Morgan fingerprint density at radius 3 is 2.62 bits per heavy atom. The fourth-order valence-electron chi connectivity index (χ4n) is 5.02. The number of nitrogens with zero attached hydrogens (tertiary/aromatic N) is 5. The van der Waals surface area contributed by atoms with Crippen molar-refractivity contribution >= 4 is 23.2 Å². The topological polar surface area (TPSA) is 77.2 Å². The molecule has 1 N–H and O–H groups in total. The SMILES string of the molecule is CNC1CCCN(C(=O)c2cc(-c3ccc(C#N)c(F)c3)n(-c3ccc(N4CCC(Cl)C4)cc3F)n2)C1. The third-order valence-corrected chi connectivity index (χ3v) is 7.44. The lowest BCUT2D eigenvalue weighted by atomic mass is 10.1. The third-order valence-electron chi connectivity index (χ3n) is 7.09. The molecule has 2 aliphatic heterocycles. The van der Waals surface area contributed by atoms with Crippen LogP contribution in [-0.4, -0.2) is 65.2 Å². The van der Waals surface area contributed by atoms with Crippen LogP contribution < -0.4 is 10.2 Å². The van der Waals surface area contributed by atoms with Crippen molar-refractivity contribution < 1.29 is 13.6 Å². The van der Waals surface area contributed by atoms with Gasteiger partial charge in [-0.3, -0.25) is 4.79 Å². The number of carbonyl (C=O) groups is 1. The monoisotopic (exact) mass is 524 g/mol. The molecule has 0 aliphatic carbocycles. The first-order chi connectivity index (χ1) is 17.9. The first-order valence-corrected chi connectivity index (χ1v) is 12.8. The lowest BCUT2D eigenvalue weighted by molar-refractivity contribution is 0.0691. The number of rotatable bonds is 5. The van der Waals surface area contributed by atoms with Crippen LogP contribution in [-0.2, 0) is 0 Å². The summed E-state index contributed by atoms with van der Waals surface area (Å²) in [4.78, 5) is 17.1. The second-order valence-corrected chi connectivity index (χ2v) is 10.1. The van der Waals surface area contributed by atoms with Crippen LogP contribution in [0, 0.1) is 23.0 Å². The van der Waals surface area contributed by atoms with E-state index in [0.29, 0.717) is 36.6 Å². The highest BCUT2D eigenvalue weighted by atomic mass is 35.5. The van der Waals surface area contributed by atoms with E-state index in [0.717, 1.165) is 25.8 Å². The molecule has 0 saturated carbocycles. The predicted molar refractivity (Wildman–Crippen MR) is 138 cm³/mol. The molecular weight excluding hydrogens is 498 g/mol. The Morgan fingerprint density at radius 2 is 1.95 bits per heavy atom. The molecule has 10 heteroatoms. The summed E-state index contributed by atoms with van der Waals surface area (Å²) in [6.07, 6.45) is 2.67. The number of anilines is 1. The molecule has 0 spiro atoms. The summed E-state index contributed by atoms with van der Waals surface area (Å²) in [7, 11) is 1.87. The molecule has 7 nitrogen and oxygen atoms in total. The Labute approximate surface area is 219 Å². The highest BCUT2D eigenvalue weighted by molar-refractivity contribution is 6.21. The number of likely N-dealkylation sites (N-methyl/N-ethyl adjacent to an activating group) is 1. The molecule has 1 aromatic heterocycles. The number of aromatic nitrogens is 2. The summed E-state index contributed by atoms with van der Waals surface area (Å²) in [5.41, 5.74) is 1.62. The third kappa shape index (κ3) is 5.04. The number of carbonyl (C=O) groups excluding carboxylic acids is 1. The normalized spacial score (nSPS) is 19.8. The number of piperidine rings is 1. The lowest BCUT2D eigenvalue weighted by Crippen LogP contribution is -2.47. The minimum Gasteiger partial charge on any atom is -0.370 e. The summed E-state index contributed by atoms with van der Waals surface area (Å²) < 4.78 is 31.4. The minimum absolute atomic E-state index is 0.0256. The zero-order chi connectivity index (χ0) is 26.1. The number of halogens is 3. The Balaban J connectivity index is 1.56. The van der Waals surface area contributed by atoms with Gasteiger partial charge in [0.05, 0.1) is 16.6 Å². The van der Waals surface area contributed by atoms with E-state index in [-0.39, 0.29) is 34.3 Å². The molecule has 3 heterocycles. The number of nitriles is 1. The van der Waals surface area contributed by atoms with Crippen LogP contribution in [0.3, 0.4) is 0 Å². The van der Waals surface area contributed by atoms with Crippen molar-refractivity contribution in [1.82, 2.24) is 20.0 Å². The molecule has 2 aromatic carbocycles. The smallest absolute Gasteiger partial charge is 0.274 e. The number of benzene rings is 2. The van der Waals surface area contributed by atoms with Gasteiger partial charge in [0.1, 0.15) is 17.6 Å². The van der Waals surface area contributed by atoms with Gasteiger partial charge in [0.2, 0.25) is 0 Å². The standard InChI is InChI=1S/C27H27ClF2N6O/c1-32-20-3-2-9-35(16-20)27(37)24-13-26(17-4-5-18(14-31)22(29)11-17)36(33-24)25-7-6-21(12-23(25)30)34-10-8-19(28)15-34/h4-7,11-13,19-20,32H,2-3,8-10,15-16H2,1H3. The van der Waals surface area contributed by atoms with Gasteiger partial charge < -0.3 is 15.1 Å². The van der Waals surface area contributed by atoms with E-state index < -0.39 is 11.6 Å². The molecule has 3 aromatic rings. The molecule has 2 aliphatic rings. The molecule has 2 unspecified atom stereocenters. The van der Waals surface area contributed by atoms with Crippen molar-refractivity contribution in [2.75, 3.05) is 38.1 Å². The molecule has 1 amide bonds. The van der Waals surface area contributed by atoms with E-state index in [1.807, 2.05) is 11.9 Å². The second kappa shape index (κ2) is 10.5. The van der Waals surface area contributed by atoms with Crippen molar-refractivity contribution in [3.8, 4) is 23.0 Å². The average Bonchev–Trinajstić information content (AvgIpc) is 3.55. The van der Waals surface area contributed by atoms with Crippen molar-refractivity contribution in [3.63, 3.8) is 0 Å². The van der Waals surface area contributed by atoms with Gasteiger partial charge in [0.15, 0.2) is 11.5 Å². The number of amides is 1. The molecule has 2 saturated heterocycles. The summed E-state index contributed by atoms with van der Waals surface area (Å²) in [5.74, 6) is -1.49. The van der Waals surface area contributed by atoms with Gasteiger partial charge in [-0.25, -0.2) is 13.5 Å². The first-order valence-electron chi connectivity index (χ1n) is 12.3. The van der Waals surface area contributed by atoms with Gasteiger partial charge in [-0.2, -0.15) is 10.4 Å². The minimum atomic E-state index is -0.700. The van der Waals surface area contributed by atoms with E-state index in [2.05, 4.69) is 10.4 Å². The van der Waals surface area contributed by atoms with Crippen LogP contribution in [0.4, 0.5) is 14.5 Å². The maximum absolute atomic E-state index is 15.5. The van der Waals surface area contributed by atoms with Gasteiger partial charge in [-0.05, 0) is 62.7 Å². The van der Waals surface area contributed by atoms with Crippen LogP contribution in [0.2, 0.25) is 0 Å². The zero-order valence-corrected chi connectivity index (χ0v) is 21.2. The van der Waals surface area contributed by atoms with Crippen LogP contribution in [0.1, 0.15) is 35.3 Å². The van der Waals surface area contributed by atoms with E-state index in [1.54, 1.807) is 35.2 Å². The summed E-state index contributed by atoms with van der Waals surface area (Å²) in [6.45, 7) is 2.53. The Kier molecular flexibility index (Phi) is 7.13. The maximum atomic E-state index is 15.5. The Hall–Kier alpha value is -3.48. The lowest BCUT2D eigenvalue weighted by Gasteiger charge is -2.32. The highest BCUT2D eigenvalue weighted by Crippen LogP contribution is 2.31. The molecule has 5 rings (SSSR count). The van der Waals surface area contributed by atoms with Crippen LogP contribution >= 0.6 is 11.6 Å². The molecule has 0 bridgehead atoms. The fraction of sp³-hybridized carbons (Fsp3) is 0.370. The number of likely N-dealkylation sites (tertiary alicyclic amines) is 1. The molecule has 192 valence electrons. The molecule has 2 fully saturated rings. The van der Waals surface area contributed by atoms with Gasteiger partial charge in [-0.15, -0.1) is 11.6 Å². The summed E-state index contributed by atoms with van der Waals surface area (Å²) in [5, 5.41) is 16.9. The molecular formula is C27H27ClF2N6O. The van der Waals surface area contributed by atoms with E-state index in [9.17, 15) is 9.18 Å². The van der Waals surface area contributed by atoms with E-state index >= 15 is 4.39 Å². The van der Waals surface area contributed by atoms with E-state index in [4.69, 9.17) is 16.9 Å². The van der Waals surface area contributed by atoms with Crippen LogP contribution in [0.25, 0.3) is 16.9 Å². The zero-order valence-electron chi connectivity index (χ0n) is 20.4. The van der Waals surface area contributed by atoms with Gasteiger partial charge in [0.25, 0.3) is 5.91 Å². The predicted octanol–water partition coefficient (Wildman–Crippen LogP) is 4.33. The van der Waals surface area contributed by atoms with Gasteiger partial charge in [0, 0.05) is 43.5 Å². The Morgan fingerprint density at radius 1 is 1.11 bits per heavy atom. The first kappa shape index (κ1) is 25.2. The Bertz CT molecular complexity index is 1370. The average molecular weight is 525 g/mol. The van der Waals surface area contributed by atoms with Crippen LogP contribution in [0.5, 0.6) is 0 Å². The van der Waals surface area contributed by atoms with E-state index in [1.165, 1.54) is 22.9 Å². The number of hydrogen-bond acceptors (Lipinski definition) is 5. The largest absolute Gasteiger partial charge is 0.370 e. The molecule has 37 heavy (non-hydrogen) atoms. The van der Waals surface area contributed by atoms with Crippen molar-refractivity contribution in [3.05, 3.63) is 65.4 Å². The van der Waals surface area contributed by atoms with Crippen molar-refractivity contribution in [2.45, 2.75) is 30.7 Å². The van der Waals surface area contributed by atoms with Crippen molar-refractivity contribution in [2.24, 2.45) is 0 Å². The number of nitrogens with one attached hydrogen (secondary N) is 1.